The summed E-state index contributed by atoms with van der Waals surface area (Å²) < 4.78 is 11.1. The maximum absolute atomic E-state index is 12.8. The average molecular weight is 355 g/mol. The van der Waals surface area contributed by atoms with E-state index in [1.54, 1.807) is 18.2 Å². The molecule has 1 amide bonds. The molecule has 0 saturated carbocycles. The predicted octanol–water partition coefficient (Wildman–Crippen LogP) is 2.66. The first-order chi connectivity index (χ1) is 12.6. The number of carbonyl (C=O) groups is 2. The van der Waals surface area contributed by atoms with Crippen molar-refractivity contribution in [2.75, 3.05) is 13.2 Å². The van der Waals surface area contributed by atoms with Crippen LogP contribution in [0.25, 0.3) is 0 Å². The van der Waals surface area contributed by atoms with E-state index in [1.165, 1.54) is 0 Å². The number of carboxylic acids is 1. The van der Waals surface area contributed by atoms with E-state index in [2.05, 4.69) is 5.32 Å². The van der Waals surface area contributed by atoms with Crippen LogP contribution in [-0.4, -0.2) is 36.2 Å². The summed E-state index contributed by atoms with van der Waals surface area (Å²) in [5.41, 5.74) is 1.44. The minimum absolute atomic E-state index is 0.00963. The van der Waals surface area contributed by atoms with Gasteiger partial charge in [-0.1, -0.05) is 36.4 Å². The van der Waals surface area contributed by atoms with Gasteiger partial charge in [0.05, 0.1) is 5.56 Å². The van der Waals surface area contributed by atoms with Crippen LogP contribution in [0.5, 0.6) is 11.5 Å². The largest absolute Gasteiger partial charge is 0.486 e. The van der Waals surface area contributed by atoms with Crippen LogP contribution in [0, 0.1) is 0 Å². The molecule has 0 saturated heterocycles. The fourth-order valence-electron chi connectivity index (χ4n) is 2.94. The number of carboxylic acid groups (broad SMARTS) is 1. The Bertz CT molecular complexity index is 775. The van der Waals surface area contributed by atoms with Crippen molar-refractivity contribution in [1.82, 2.24) is 5.32 Å². The zero-order valence-electron chi connectivity index (χ0n) is 14.3. The summed E-state index contributed by atoms with van der Waals surface area (Å²) >= 11 is 0. The lowest BCUT2D eigenvalue weighted by atomic mass is 10.0. The standard InChI is InChI=1S/C20H21NO5/c22-18(23)10-9-15(13-14-5-2-1-3-6-14)21-20(24)16-7-4-8-17-19(16)26-12-11-25-17/h1-8,15H,9-13H2,(H,21,24)(H,22,23). The molecule has 6 heteroatoms. The van der Waals surface area contributed by atoms with Crippen molar-refractivity contribution >= 4 is 11.9 Å². The van der Waals surface area contributed by atoms with Crippen molar-refractivity contribution < 1.29 is 24.2 Å². The molecule has 6 nitrogen and oxygen atoms in total. The van der Waals surface area contributed by atoms with E-state index in [4.69, 9.17) is 14.6 Å². The number of hydrogen-bond donors (Lipinski definition) is 2. The molecule has 3 rings (SSSR count). The van der Waals surface area contributed by atoms with Gasteiger partial charge in [0.2, 0.25) is 0 Å². The summed E-state index contributed by atoms with van der Waals surface area (Å²) in [6.45, 7) is 0.844. The molecule has 0 radical (unpaired) electrons. The lowest BCUT2D eigenvalue weighted by Gasteiger charge is -2.22. The van der Waals surface area contributed by atoms with E-state index in [9.17, 15) is 9.59 Å². The third kappa shape index (κ3) is 4.53. The second-order valence-corrected chi connectivity index (χ2v) is 6.12. The Morgan fingerprint density at radius 1 is 1.04 bits per heavy atom. The molecule has 0 fully saturated rings. The molecule has 26 heavy (non-hydrogen) atoms. The molecule has 136 valence electrons. The molecular formula is C20H21NO5. The molecule has 0 bridgehead atoms. The monoisotopic (exact) mass is 355 g/mol. The molecular weight excluding hydrogens is 334 g/mol. The highest BCUT2D eigenvalue weighted by Gasteiger charge is 2.22. The first kappa shape index (κ1) is 17.8. The summed E-state index contributed by atoms with van der Waals surface area (Å²) in [5, 5.41) is 11.9. The van der Waals surface area contributed by atoms with Gasteiger partial charge in [-0.2, -0.15) is 0 Å². The Morgan fingerprint density at radius 3 is 2.58 bits per heavy atom. The fraction of sp³-hybridized carbons (Fsp3) is 0.300. The van der Waals surface area contributed by atoms with Gasteiger partial charge >= 0.3 is 5.97 Å². The summed E-state index contributed by atoms with van der Waals surface area (Å²) in [7, 11) is 0. The van der Waals surface area contributed by atoms with Crippen LogP contribution in [0.3, 0.4) is 0 Å². The van der Waals surface area contributed by atoms with Gasteiger partial charge in [0.15, 0.2) is 11.5 Å². The van der Waals surface area contributed by atoms with E-state index < -0.39 is 5.97 Å². The Hall–Kier alpha value is -3.02. The molecule has 2 aromatic rings. The molecule has 1 atom stereocenters. The highest BCUT2D eigenvalue weighted by Crippen LogP contribution is 2.33. The van der Waals surface area contributed by atoms with Crippen LogP contribution in [0.4, 0.5) is 0 Å². The third-order valence-electron chi connectivity index (χ3n) is 4.18. The Labute approximate surface area is 151 Å². The number of fused-ring (bicyclic) bond motifs is 1. The maximum atomic E-state index is 12.8. The molecule has 0 aromatic heterocycles. The number of ether oxygens (including phenoxy) is 2. The number of para-hydroxylation sites is 1. The van der Waals surface area contributed by atoms with Crippen molar-refractivity contribution in [2.24, 2.45) is 0 Å². The molecule has 1 aliphatic rings. The normalized spacial score (nSPS) is 13.7. The summed E-state index contributed by atoms with van der Waals surface area (Å²) in [4.78, 5) is 23.7. The number of carbonyl (C=O) groups excluding carboxylic acids is 1. The third-order valence-corrected chi connectivity index (χ3v) is 4.18. The average Bonchev–Trinajstić information content (AvgIpc) is 2.66. The maximum Gasteiger partial charge on any atom is 0.303 e. The summed E-state index contributed by atoms with van der Waals surface area (Å²) in [6.07, 6.45) is 0.902. The summed E-state index contributed by atoms with van der Waals surface area (Å²) in [6, 6.07) is 14.6. The van der Waals surface area contributed by atoms with Crippen molar-refractivity contribution in [2.45, 2.75) is 25.3 Å². The van der Waals surface area contributed by atoms with E-state index in [-0.39, 0.29) is 18.4 Å². The SMILES string of the molecule is O=C(O)CCC(Cc1ccccc1)NC(=O)c1cccc2c1OCCO2. The zero-order chi connectivity index (χ0) is 18.4. The first-order valence-electron chi connectivity index (χ1n) is 8.58. The van der Waals surface area contributed by atoms with Gasteiger partial charge in [0.1, 0.15) is 13.2 Å². The minimum Gasteiger partial charge on any atom is -0.486 e. The molecule has 0 aliphatic carbocycles. The number of hydrogen-bond acceptors (Lipinski definition) is 4. The van der Waals surface area contributed by atoms with Gasteiger partial charge in [-0.3, -0.25) is 9.59 Å². The van der Waals surface area contributed by atoms with Crippen molar-refractivity contribution in [3.05, 3.63) is 59.7 Å². The Kier molecular flexibility index (Phi) is 5.73. The van der Waals surface area contributed by atoms with E-state index in [0.29, 0.717) is 43.1 Å². The van der Waals surface area contributed by atoms with Crippen molar-refractivity contribution in [3.63, 3.8) is 0 Å². The molecule has 0 spiro atoms. The minimum atomic E-state index is -0.883. The Balaban J connectivity index is 1.75. The van der Waals surface area contributed by atoms with Crippen molar-refractivity contribution in [3.8, 4) is 11.5 Å². The van der Waals surface area contributed by atoms with Gasteiger partial charge in [0.25, 0.3) is 5.91 Å². The number of amides is 1. The van der Waals surface area contributed by atoms with Crippen LogP contribution in [0.1, 0.15) is 28.8 Å². The summed E-state index contributed by atoms with van der Waals surface area (Å²) in [5.74, 6) is -0.188. The fourth-order valence-corrected chi connectivity index (χ4v) is 2.94. The van der Waals surface area contributed by atoms with E-state index >= 15 is 0 Å². The molecule has 1 heterocycles. The Morgan fingerprint density at radius 2 is 1.81 bits per heavy atom. The predicted molar refractivity (Wildman–Crippen MR) is 95.7 cm³/mol. The molecule has 2 aromatic carbocycles. The van der Waals surface area contributed by atoms with Gasteiger partial charge in [-0.05, 0) is 30.5 Å². The quantitative estimate of drug-likeness (QED) is 0.798. The highest BCUT2D eigenvalue weighted by molar-refractivity contribution is 5.98. The first-order valence-corrected chi connectivity index (χ1v) is 8.58. The number of benzene rings is 2. The lowest BCUT2D eigenvalue weighted by Crippen LogP contribution is -2.37. The van der Waals surface area contributed by atoms with Gasteiger partial charge in [-0.25, -0.2) is 0 Å². The highest BCUT2D eigenvalue weighted by atomic mass is 16.6. The van der Waals surface area contributed by atoms with Gasteiger partial charge in [-0.15, -0.1) is 0 Å². The second-order valence-electron chi connectivity index (χ2n) is 6.12. The number of aliphatic carboxylic acids is 1. The smallest absolute Gasteiger partial charge is 0.303 e. The lowest BCUT2D eigenvalue weighted by molar-refractivity contribution is -0.137. The van der Waals surface area contributed by atoms with Crippen molar-refractivity contribution in [1.29, 1.82) is 0 Å². The van der Waals surface area contributed by atoms with Crippen LogP contribution in [0.15, 0.2) is 48.5 Å². The van der Waals surface area contributed by atoms with Crippen LogP contribution >= 0.6 is 0 Å². The number of nitrogens with one attached hydrogen (secondary N) is 1. The molecule has 1 aliphatic heterocycles. The molecule has 2 N–H and O–H groups in total. The molecule has 1 unspecified atom stereocenters. The second kappa shape index (κ2) is 8.38. The van der Waals surface area contributed by atoms with Crippen LogP contribution in [-0.2, 0) is 11.2 Å². The topological polar surface area (TPSA) is 84.9 Å². The van der Waals surface area contributed by atoms with Gasteiger partial charge in [0, 0.05) is 12.5 Å². The van der Waals surface area contributed by atoms with Crippen LogP contribution < -0.4 is 14.8 Å². The van der Waals surface area contributed by atoms with Gasteiger partial charge < -0.3 is 19.9 Å². The van der Waals surface area contributed by atoms with E-state index in [1.807, 2.05) is 30.3 Å². The van der Waals surface area contributed by atoms with Crippen LogP contribution in [0.2, 0.25) is 0 Å². The van der Waals surface area contributed by atoms with E-state index in [0.717, 1.165) is 5.56 Å². The number of rotatable bonds is 7. The zero-order valence-corrected chi connectivity index (χ0v) is 14.3.